The quantitative estimate of drug-likeness (QED) is 0.768. The largest absolute Gasteiger partial charge is 0.489 e. The van der Waals surface area contributed by atoms with Crippen LogP contribution in [0.2, 0.25) is 0 Å². The zero-order chi connectivity index (χ0) is 16.3. The Hall–Kier alpha value is -1.80. The predicted octanol–water partition coefficient (Wildman–Crippen LogP) is 5.25. The summed E-state index contributed by atoms with van der Waals surface area (Å²) in [5.74, 6) is 1.43. The Bertz CT molecular complexity index is 636. The van der Waals surface area contributed by atoms with E-state index in [0.717, 1.165) is 25.2 Å². The maximum atomic E-state index is 6.15. The van der Waals surface area contributed by atoms with Gasteiger partial charge in [0.05, 0.1) is 12.2 Å². The second-order valence-electron chi connectivity index (χ2n) is 7.12. The van der Waals surface area contributed by atoms with Gasteiger partial charge in [0.15, 0.2) is 0 Å². The van der Waals surface area contributed by atoms with E-state index < -0.39 is 0 Å². The van der Waals surface area contributed by atoms with E-state index in [9.17, 15) is 0 Å². The second kappa shape index (κ2) is 6.76. The van der Waals surface area contributed by atoms with Gasteiger partial charge in [0.1, 0.15) is 12.4 Å². The summed E-state index contributed by atoms with van der Waals surface area (Å²) >= 11 is 0. The first-order chi connectivity index (χ1) is 11.0. The first-order valence-corrected chi connectivity index (χ1v) is 8.45. The summed E-state index contributed by atoms with van der Waals surface area (Å²) in [6, 6.07) is 16.9. The second-order valence-corrected chi connectivity index (χ2v) is 7.12. The number of aryl methyl sites for hydroxylation is 1. The van der Waals surface area contributed by atoms with Gasteiger partial charge < -0.3 is 9.47 Å². The molecule has 0 spiro atoms. The molecule has 2 aromatic carbocycles. The fraction of sp³-hybridized carbons (Fsp3) is 0.429. The van der Waals surface area contributed by atoms with E-state index in [0.29, 0.717) is 12.5 Å². The number of hydrogen-bond acceptors (Lipinski definition) is 2. The molecule has 0 amide bonds. The minimum atomic E-state index is 0.00621. The molecule has 23 heavy (non-hydrogen) atoms. The summed E-state index contributed by atoms with van der Waals surface area (Å²) in [5.41, 5.74) is 3.71. The molecule has 1 fully saturated rings. The summed E-state index contributed by atoms with van der Waals surface area (Å²) in [7, 11) is 0. The highest BCUT2D eigenvalue weighted by Gasteiger charge is 2.29. The molecule has 1 heterocycles. The molecule has 1 atom stereocenters. The van der Waals surface area contributed by atoms with Gasteiger partial charge in [-0.05, 0) is 56.4 Å². The first kappa shape index (κ1) is 16.1. The fourth-order valence-corrected chi connectivity index (χ4v) is 3.09. The molecule has 2 heteroatoms. The van der Waals surface area contributed by atoms with E-state index in [4.69, 9.17) is 9.47 Å². The third-order valence-electron chi connectivity index (χ3n) is 4.62. The number of ether oxygens (including phenoxy) is 2. The molecule has 2 nitrogen and oxygen atoms in total. The van der Waals surface area contributed by atoms with Crippen LogP contribution in [0.4, 0.5) is 0 Å². The third kappa shape index (κ3) is 4.14. The molecule has 122 valence electrons. The van der Waals surface area contributed by atoms with E-state index in [1.165, 1.54) is 16.7 Å². The van der Waals surface area contributed by atoms with Crippen LogP contribution in [-0.2, 0) is 11.3 Å². The third-order valence-corrected chi connectivity index (χ3v) is 4.62. The van der Waals surface area contributed by atoms with Gasteiger partial charge in [-0.1, -0.05) is 42.5 Å². The van der Waals surface area contributed by atoms with Crippen LogP contribution >= 0.6 is 0 Å². The molecule has 0 N–H and O–H groups in total. The maximum Gasteiger partial charge on any atom is 0.123 e. The minimum absolute atomic E-state index is 0.00621. The van der Waals surface area contributed by atoms with Crippen LogP contribution < -0.4 is 4.74 Å². The van der Waals surface area contributed by atoms with Crippen LogP contribution in [0.25, 0.3) is 0 Å². The summed E-state index contributed by atoms with van der Waals surface area (Å²) in [4.78, 5) is 0. The highest BCUT2D eigenvalue weighted by Crippen LogP contribution is 2.37. The summed E-state index contributed by atoms with van der Waals surface area (Å²) < 4.78 is 12.2. The fourth-order valence-electron chi connectivity index (χ4n) is 3.09. The lowest BCUT2D eigenvalue weighted by atomic mass is 9.86. The standard InChI is InChI=1S/C21H26O2/c1-16-9-10-19(18-11-12-21(2,3)23-15-18)20(13-16)22-14-17-7-5-4-6-8-17/h4-10,13,18H,11-12,14-15H2,1-3H3. The molecule has 2 aromatic rings. The highest BCUT2D eigenvalue weighted by molar-refractivity contribution is 5.40. The van der Waals surface area contributed by atoms with Crippen molar-refractivity contribution in [1.29, 1.82) is 0 Å². The Labute approximate surface area is 139 Å². The monoisotopic (exact) mass is 310 g/mol. The van der Waals surface area contributed by atoms with Gasteiger partial charge in [0, 0.05) is 5.92 Å². The van der Waals surface area contributed by atoms with E-state index in [-0.39, 0.29) is 5.60 Å². The van der Waals surface area contributed by atoms with Crippen molar-refractivity contribution in [3.63, 3.8) is 0 Å². The molecule has 0 aromatic heterocycles. The smallest absolute Gasteiger partial charge is 0.123 e. The van der Waals surface area contributed by atoms with E-state index >= 15 is 0 Å². The zero-order valence-corrected chi connectivity index (χ0v) is 14.3. The molecular weight excluding hydrogens is 284 g/mol. The molecule has 1 aliphatic rings. The zero-order valence-electron chi connectivity index (χ0n) is 14.3. The number of benzene rings is 2. The molecule has 3 rings (SSSR count). The van der Waals surface area contributed by atoms with Crippen LogP contribution in [-0.4, -0.2) is 12.2 Å². The Morgan fingerprint density at radius 1 is 1.13 bits per heavy atom. The average Bonchev–Trinajstić information content (AvgIpc) is 2.54. The van der Waals surface area contributed by atoms with Crippen molar-refractivity contribution in [2.45, 2.75) is 51.7 Å². The van der Waals surface area contributed by atoms with Gasteiger partial charge in [-0.25, -0.2) is 0 Å². The molecule has 0 aliphatic carbocycles. The Kier molecular flexibility index (Phi) is 4.72. The Balaban J connectivity index is 1.75. The molecule has 0 radical (unpaired) electrons. The summed E-state index contributed by atoms with van der Waals surface area (Å²) in [6.07, 6.45) is 2.24. The molecule has 0 bridgehead atoms. The van der Waals surface area contributed by atoms with E-state index in [2.05, 4.69) is 51.1 Å². The van der Waals surface area contributed by atoms with Gasteiger partial charge >= 0.3 is 0 Å². The molecule has 1 saturated heterocycles. The van der Waals surface area contributed by atoms with Crippen molar-refractivity contribution in [3.8, 4) is 5.75 Å². The van der Waals surface area contributed by atoms with Crippen LogP contribution in [0.5, 0.6) is 5.75 Å². The van der Waals surface area contributed by atoms with Crippen LogP contribution in [0.15, 0.2) is 48.5 Å². The summed E-state index contributed by atoms with van der Waals surface area (Å²) in [6.45, 7) is 7.84. The minimum Gasteiger partial charge on any atom is -0.489 e. The van der Waals surface area contributed by atoms with E-state index in [1.54, 1.807) is 0 Å². The number of hydrogen-bond donors (Lipinski definition) is 0. The SMILES string of the molecule is Cc1ccc(C2CCC(C)(C)OC2)c(OCc2ccccc2)c1. The molecule has 0 saturated carbocycles. The van der Waals surface area contributed by atoms with E-state index in [1.807, 2.05) is 18.2 Å². The highest BCUT2D eigenvalue weighted by atomic mass is 16.5. The topological polar surface area (TPSA) is 18.5 Å². The molecule has 1 unspecified atom stereocenters. The Morgan fingerprint density at radius 2 is 1.91 bits per heavy atom. The molecular formula is C21H26O2. The van der Waals surface area contributed by atoms with Crippen molar-refractivity contribution in [1.82, 2.24) is 0 Å². The van der Waals surface area contributed by atoms with Gasteiger partial charge in [-0.2, -0.15) is 0 Å². The van der Waals surface area contributed by atoms with Crippen molar-refractivity contribution < 1.29 is 9.47 Å². The van der Waals surface area contributed by atoms with Crippen molar-refractivity contribution in [2.75, 3.05) is 6.61 Å². The lowest BCUT2D eigenvalue weighted by Crippen LogP contribution is -2.32. The van der Waals surface area contributed by atoms with Gasteiger partial charge in [-0.3, -0.25) is 0 Å². The summed E-state index contributed by atoms with van der Waals surface area (Å²) in [5, 5.41) is 0. The van der Waals surface area contributed by atoms with Crippen LogP contribution in [0, 0.1) is 6.92 Å². The lowest BCUT2D eigenvalue weighted by molar-refractivity contribution is -0.0613. The lowest BCUT2D eigenvalue weighted by Gasteiger charge is -2.35. The predicted molar refractivity (Wildman–Crippen MR) is 94.0 cm³/mol. The van der Waals surface area contributed by atoms with Gasteiger partial charge in [-0.15, -0.1) is 0 Å². The van der Waals surface area contributed by atoms with Crippen molar-refractivity contribution in [3.05, 3.63) is 65.2 Å². The first-order valence-electron chi connectivity index (χ1n) is 8.45. The maximum absolute atomic E-state index is 6.15. The van der Waals surface area contributed by atoms with Crippen molar-refractivity contribution in [2.24, 2.45) is 0 Å². The van der Waals surface area contributed by atoms with Gasteiger partial charge in [0.2, 0.25) is 0 Å². The Morgan fingerprint density at radius 3 is 2.61 bits per heavy atom. The van der Waals surface area contributed by atoms with Gasteiger partial charge in [0.25, 0.3) is 0 Å². The normalized spacial score (nSPS) is 20.2. The van der Waals surface area contributed by atoms with Crippen LogP contribution in [0.3, 0.4) is 0 Å². The molecule has 1 aliphatic heterocycles. The number of rotatable bonds is 4. The van der Waals surface area contributed by atoms with Crippen LogP contribution in [0.1, 0.15) is 49.3 Å². The van der Waals surface area contributed by atoms with Crippen molar-refractivity contribution >= 4 is 0 Å². The average molecular weight is 310 g/mol.